The molecule has 1 radical (unpaired) electrons. The number of phenolic OH excluding ortho intramolecular Hbond substituents is 2. The van der Waals surface area contributed by atoms with Crippen LogP contribution in [0.2, 0.25) is 0 Å². The number of aliphatic carboxylic acids is 2. The maximum absolute atomic E-state index is 11.1. The van der Waals surface area contributed by atoms with Crippen molar-refractivity contribution in [3.05, 3.63) is 57.6 Å². The standard InChI is InChI=1S/C35H50N2O2.2C2H4O2.Co/c1-7-9-11-25-15-28(33(38)30(17-25)23(3)4)21-36-32-19-27-13-14-35(32,20-27)37-22-29-16-26(12-10-8-2)18-31(24(5)6)34(29)39;2*1-2(3)4;/h15-18,21-24,27,32,38-39H,7-14,19-20H2,1-6H3;2*1H3,(H,3,4);/q;;;+2/p-2. The molecule has 2 saturated carbocycles. The molecule has 0 saturated heterocycles. The Morgan fingerprint density at radius 3 is 1.69 bits per heavy atom. The van der Waals surface area contributed by atoms with Gasteiger partial charge in [0.25, 0.3) is 0 Å². The fourth-order valence-corrected chi connectivity index (χ4v) is 6.58. The summed E-state index contributed by atoms with van der Waals surface area (Å²) in [6, 6.07) is 8.69. The van der Waals surface area contributed by atoms with Crippen molar-refractivity contribution in [2.24, 2.45) is 15.9 Å². The summed E-state index contributed by atoms with van der Waals surface area (Å²) in [6.45, 7) is 14.9. The summed E-state index contributed by atoms with van der Waals surface area (Å²) < 4.78 is 0. The number of benzene rings is 2. The predicted octanol–water partition coefficient (Wildman–Crippen LogP) is 6.39. The van der Waals surface area contributed by atoms with E-state index in [0.717, 1.165) is 93.9 Å². The van der Waals surface area contributed by atoms with Gasteiger partial charge in [0.05, 0.1) is 11.6 Å². The van der Waals surface area contributed by atoms with Crippen LogP contribution in [0, 0.1) is 5.92 Å². The summed E-state index contributed by atoms with van der Waals surface area (Å²) >= 11 is 0. The van der Waals surface area contributed by atoms with Gasteiger partial charge >= 0.3 is 16.8 Å². The SMILES string of the molecule is CC(=O)[O-].CC(=O)[O-].CCCCc1cc(C=NC2CC3CCC2(N=Cc2cc(CCCC)cc(C(C)C)c2O)C3)c(O)c(C(C)C)c1.[Co+2]. The molecule has 48 heavy (non-hydrogen) atoms. The van der Waals surface area contributed by atoms with Crippen molar-refractivity contribution in [3.8, 4) is 11.5 Å². The van der Waals surface area contributed by atoms with E-state index in [-0.39, 0.29) is 40.2 Å². The maximum atomic E-state index is 11.1. The van der Waals surface area contributed by atoms with Gasteiger partial charge in [-0.2, -0.15) is 0 Å². The average molecular weight is 708 g/mol. The third-order valence-electron chi connectivity index (χ3n) is 9.00. The number of phenols is 2. The Morgan fingerprint density at radius 1 is 0.854 bits per heavy atom. The van der Waals surface area contributed by atoms with Gasteiger partial charge in [-0.3, -0.25) is 9.98 Å². The second-order valence-corrected chi connectivity index (χ2v) is 13.7. The van der Waals surface area contributed by atoms with E-state index in [1.165, 1.54) is 17.5 Å². The molecule has 3 unspecified atom stereocenters. The summed E-state index contributed by atoms with van der Waals surface area (Å²) in [4.78, 5) is 28.1. The van der Waals surface area contributed by atoms with Crippen LogP contribution in [0.15, 0.2) is 34.3 Å². The summed E-state index contributed by atoms with van der Waals surface area (Å²) in [5, 5.41) is 40.0. The Balaban J connectivity index is 0.00000115. The summed E-state index contributed by atoms with van der Waals surface area (Å²) in [7, 11) is 0. The number of carbonyl (C=O) groups excluding carboxylic acids is 2. The monoisotopic (exact) mass is 707 g/mol. The third kappa shape index (κ3) is 12.7. The number of carbonyl (C=O) groups is 2. The van der Waals surface area contributed by atoms with Crippen LogP contribution < -0.4 is 10.2 Å². The number of hydrogen-bond donors (Lipinski definition) is 2. The minimum Gasteiger partial charge on any atom is -0.550 e. The number of nitrogens with zero attached hydrogens (tertiary/aromatic N) is 2. The number of aryl methyl sites for hydroxylation is 2. The fraction of sp³-hybridized carbons (Fsp3) is 0.590. The van der Waals surface area contributed by atoms with Gasteiger partial charge < -0.3 is 30.0 Å². The Hall–Kier alpha value is -3.17. The molecule has 0 amide bonds. The molecule has 2 aliphatic rings. The normalized spacial score (nSPS) is 19.6. The first kappa shape index (κ1) is 42.8. The Kier molecular flexibility index (Phi) is 18.2. The van der Waals surface area contributed by atoms with Crippen molar-refractivity contribution in [2.45, 2.75) is 143 Å². The smallest absolute Gasteiger partial charge is 0.550 e. The summed E-state index contributed by atoms with van der Waals surface area (Å²) in [5.74, 6) is -0.268. The number of carboxylic acid groups (broad SMARTS) is 2. The molecule has 0 aliphatic heterocycles. The molecule has 3 atom stereocenters. The number of rotatable bonds is 12. The molecule has 2 aliphatic carbocycles. The first-order valence-corrected chi connectivity index (χ1v) is 17.3. The van der Waals surface area contributed by atoms with Crippen molar-refractivity contribution in [2.75, 3.05) is 0 Å². The van der Waals surface area contributed by atoms with Crippen LogP contribution in [0.5, 0.6) is 11.5 Å². The topological polar surface area (TPSA) is 145 Å². The van der Waals surface area contributed by atoms with Gasteiger partial charge in [-0.25, -0.2) is 0 Å². The van der Waals surface area contributed by atoms with E-state index in [9.17, 15) is 10.2 Å². The van der Waals surface area contributed by atoms with Crippen LogP contribution in [-0.2, 0) is 39.2 Å². The van der Waals surface area contributed by atoms with E-state index in [1.54, 1.807) is 0 Å². The average Bonchev–Trinajstić information content (AvgIpc) is 3.56. The number of carboxylic acids is 2. The molecular weight excluding hydrogens is 651 g/mol. The van der Waals surface area contributed by atoms with E-state index in [1.807, 2.05) is 12.4 Å². The number of fused-ring (bicyclic) bond motifs is 2. The van der Waals surface area contributed by atoms with Gasteiger partial charge in [0.1, 0.15) is 11.5 Å². The quantitative estimate of drug-likeness (QED) is 0.245. The molecule has 0 spiro atoms. The molecule has 0 heterocycles. The molecule has 2 aromatic carbocycles. The van der Waals surface area contributed by atoms with Gasteiger partial charge in [0.15, 0.2) is 0 Å². The molecule has 4 rings (SSSR count). The molecule has 2 fully saturated rings. The number of unbranched alkanes of at least 4 members (excludes halogenated alkanes) is 2. The molecular formula is C39H56CoN2O6. The molecule has 9 heteroatoms. The molecule has 2 aromatic rings. The van der Waals surface area contributed by atoms with Crippen molar-refractivity contribution in [1.82, 2.24) is 0 Å². The van der Waals surface area contributed by atoms with Crippen molar-refractivity contribution in [3.63, 3.8) is 0 Å². The van der Waals surface area contributed by atoms with E-state index in [2.05, 4.69) is 65.8 Å². The van der Waals surface area contributed by atoms with E-state index < -0.39 is 11.9 Å². The van der Waals surface area contributed by atoms with Crippen LogP contribution in [0.3, 0.4) is 0 Å². The zero-order chi connectivity index (χ0) is 35.3. The molecule has 0 aromatic heterocycles. The van der Waals surface area contributed by atoms with Gasteiger partial charge in [0, 0.05) is 35.5 Å². The number of aromatic hydroxyl groups is 2. The van der Waals surface area contributed by atoms with Crippen molar-refractivity contribution >= 4 is 24.4 Å². The zero-order valence-corrected chi connectivity index (χ0v) is 31.1. The second kappa shape index (κ2) is 20.4. The second-order valence-electron chi connectivity index (χ2n) is 13.7. The predicted molar refractivity (Wildman–Crippen MR) is 187 cm³/mol. The van der Waals surface area contributed by atoms with Crippen LogP contribution in [0.4, 0.5) is 0 Å². The molecule has 8 nitrogen and oxygen atoms in total. The Morgan fingerprint density at radius 2 is 1.29 bits per heavy atom. The maximum Gasteiger partial charge on any atom is 2.00 e. The molecule has 267 valence electrons. The largest absolute Gasteiger partial charge is 2.00 e. The van der Waals surface area contributed by atoms with Gasteiger partial charge in [0.2, 0.25) is 0 Å². The van der Waals surface area contributed by atoms with E-state index in [4.69, 9.17) is 29.8 Å². The number of hydrogen-bond acceptors (Lipinski definition) is 8. The minimum absolute atomic E-state index is 0. The Labute approximate surface area is 298 Å². The molecule has 2 bridgehead atoms. The molecule has 2 N–H and O–H groups in total. The minimum atomic E-state index is -1.08. The van der Waals surface area contributed by atoms with Crippen LogP contribution in [-0.4, -0.2) is 46.2 Å². The van der Waals surface area contributed by atoms with Gasteiger partial charge in [-0.15, -0.1) is 0 Å². The summed E-state index contributed by atoms with van der Waals surface area (Å²) in [6.07, 6.45) is 14.8. The van der Waals surface area contributed by atoms with E-state index in [0.29, 0.717) is 17.4 Å². The number of aliphatic imine (C=N–C) groups is 2. The van der Waals surface area contributed by atoms with E-state index >= 15 is 0 Å². The first-order chi connectivity index (χ1) is 22.1. The van der Waals surface area contributed by atoms with Gasteiger partial charge in [-0.05, 0) is 117 Å². The van der Waals surface area contributed by atoms with Crippen molar-refractivity contribution < 1.29 is 46.8 Å². The summed E-state index contributed by atoms with van der Waals surface area (Å²) in [5.41, 5.74) is 6.01. The van der Waals surface area contributed by atoms with Gasteiger partial charge in [-0.1, -0.05) is 66.5 Å². The van der Waals surface area contributed by atoms with Crippen LogP contribution in [0.25, 0.3) is 0 Å². The van der Waals surface area contributed by atoms with Crippen LogP contribution in [0.1, 0.15) is 152 Å². The zero-order valence-electron chi connectivity index (χ0n) is 30.1. The Bertz CT molecular complexity index is 1380. The van der Waals surface area contributed by atoms with Crippen molar-refractivity contribution in [1.29, 1.82) is 0 Å². The first-order valence-electron chi connectivity index (χ1n) is 17.3. The third-order valence-corrected chi connectivity index (χ3v) is 9.00. The van der Waals surface area contributed by atoms with Crippen LogP contribution >= 0.6 is 0 Å². The fourth-order valence-electron chi connectivity index (χ4n) is 6.58.